The number of halogens is 1. The van der Waals surface area contributed by atoms with E-state index >= 15 is 0 Å². The van der Waals surface area contributed by atoms with Crippen LogP contribution in [-0.2, 0) is 19.6 Å². The van der Waals surface area contributed by atoms with Gasteiger partial charge >= 0.3 is 5.97 Å². The van der Waals surface area contributed by atoms with Crippen molar-refractivity contribution in [3.8, 4) is 0 Å². The van der Waals surface area contributed by atoms with E-state index in [0.717, 1.165) is 18.9 Å². The van der Waals surface area contributed by atoms with Crippen molar-refractivity contribution in [2.75, 3.05) is 6.54 Å². The molecule has 1 aliphatic rings. The second-order valence-electron chi connectivity index (χ2n) is 6.73. The summed E-state index contributed by atoms with van der Waals surface area (Å²) in [6.45, 7) is 5.82. The van der Waals surface area contributed by atoms with Crippen molar-refractivity contribution >= 4 is 33.5 Å². The fraction of sp³-hybridized carbons (Fsp3) is 0.529. The molecule has 2 N–H and O–H groups in total. The molecule has 0 unspecified atom stereocenters. The Morgan fingerprint density at radius 3 is 2.50 bits per heavy atom. The summed E-state index contributed by atoms with van der Waals surface area (Å²) in [5.41, 5.74) is 0.00841. The third-order valence-corrected chi connectivity index (χ3v) is 5.70. The molecular formula is C17H23ClN2O5S. The van der Waals surface area contributed by atoms with E-state index in [0.29, 0.717) is 6.54 Å². The van der Waals surface area contributed by atoms with Crippen LogP contribution in [0.3, 0.4) is 0 Å². The Morgan fingerprint density at radius 1 is 1.27 bits per heavy atom. The minimum Gasteiger partial charge on any atom is -0.449 e. The van der Waals surface area contributed by atoms with Gasteiger partial charge in [-0.05, 0) is 43.9 Å². The molecular weight excluding hydrogens is 380 g/mol. The molecule has 1 saturated carbocycles. The first kappa shape index (κ1) is 20.7. The van der Waals surface area contributed by atoms with Crippen LogP contribution in [0.1, 0.15) is 44.0 Å². The Balaban J connectivity index is 2.09. The lowest BCUT2D eigenvalue weighted by Gasteiger charge is -2.15. The number of sulfonamides is 1. The van der Waals surface area contributed by atoms with Crippen LogP contribution in [-0.4, -0.2) is 39.0 Å². The first-order valence-electron chi connectivity index (χ1n) is 8.40. The zero-order chi connectivity index (χ0) is 19.5. The van der Waals surface area contributed by atoms with Crippen LogP contribution in [0, 0.1) is 5.92 Å². The van der Waals surface area contributed by atoms with Crippen molar-refractivity contribution in [1.29, 1.82) is 0 Å². The highest BCUT2D eigenvalue weighted by Gasteiger charge is 2.30. The molecule has 1 aliphatic carbocycles. The zero-order valence-corrected chi connectivity index (χ0v) is 16.5. The molecule has 144 valence electrons. The Labute approximate surface area is 158 Å². The summed E-state index contributed by atoms with van der Waals surface area (Å²) in [6.07, 6.45) is 0.560. The van der Waals surface area contributed by atoms with E-state index < -0.39 is 28.0 Å². The molecule has 2 rings (SSSR count). The molecule has 1 amide bonds. The van der Waals surface area contributed by atoms with Gasteiger partial charge in [-0.15, -0.1) is 0 Å². The standard InChI is InChI=1S/C17H23ClN2O5S/c1-10(2)9-19-16(21)11(3)25-17(22)12-4-7-14(18)15(8-12)26(23,24)20-13-5-6-13/h4,7-8,10-11,13,20H,5-6,9H2,1-3H3,(H,19,21)/t11-/m1/s1. The van der Waals surface area contributed by atoms with Gasteiger partial charge < -0.3 is 10.1 Å². The molecule has 9 heteroatoms. The lowest BCUT2D eigenvalue weighted by molar-refractivity contribution is -0.129. The van der Waals surface area contributed by atoms with Gasteiger partial charge in [0.05, 0.1) is 10.6 Å². The van der Waals surface area contributed by atoms with Gasteiger partial charge in [0.25, 0.3) is 5.91 Å². The highest BCUT2D eigenvalue weighted by Crippen LogP contribution is 2.27. The number of esters is 1. The summed E-state index contributed by atoms with van der Waals surface area (Å²) in [4.78, 5) is 24.0. The largest absolute Gasteiger partial charge is 0.449 e. The Bertz CT molecular complexity index is 790. The molecule has 0 aromatic heterocycles. The molecule has 0 radical (unpaired) electrons. The average molecular weight is 403 g/mol. The summed E-state index contributed by atoms with van der Waals surface area (Å²) in [7, 11) is -3.82. The highest BCUT2D eigenvalue weighted by molar-refractivity contribution is 7.89. The van der Waals surface area contributed by atoms with Crippen molar-refractivity contribution in [3.05, 3.63) is 28.8 Å². The number of amides is 1. The van der Waals surface area contributed by atoms with Gasteiger partial charge in [0.1, 0.15) is 4.90 Å². The molecule has 1 atom stereocenters. The minimum absolute atomic E-state index is 0.00841. The van der Waals surface area contributed by atoms with Crippen LogP contribution in [0.25, 0.3) is 0 Å². The van der Waals surface area contributed by atoms with Gasteiger partial charge in [0.2, 0.25) is 10.0 Å². The van der Waals surface area contributed by atoms with Crippen molar-refractivity contribution in [2.24, 2.45) is 5.92 Å². The van der Waals surface area contributed by atoms with Crippen LogP contribution in [0.2, 0.25) is 5.02 Å². The topological polar surface area (TPSA) is 102 Å². The lowest BCUT2D eigenvalue weighted by atomic mass is 10.2. The predicted molar refractivity (Wildman–Crippen MR) is 97.5 cm³/mol. The van der Waals surface area contributed by atoms with Gasteiger partial charge in [-0.3, -0.25) is 4.79 Å². The van der Waals surface area contributed by atoms with E-state index in [4.69, 9.17) is 16.3 Å². The zero-order valence-electron chi connectivity index (χ0n) is 14.9. The van der Waals surface area contributed by atoms with E-state index in [9.17, 15) is 18.0 Å². The van der Waals surface area contributed by atoms with Crippen LogP contribution >= 0.6 is 11.6 Å². The quantitative estimate of drug-likeness (QED) is 0.648. The van der Waals surface area contributed by atoms with Crippen molar-refractivity contribution in [3.63, 3.8) is 0 Å². The van der Waals surface area contributed by atoms with E-state index in [-0.39, 0.29) is 27.4 Å². The molecule has 0 aliphatic heterocycles. The third-order valence-electron chi connectivity index (χ3n) is 3.69. The average Bonchev–Trinajstić information content (AvgIpc) is 3.35. The van der Waals surface area contributed by atoms with E-state index in [1.807, 2.05) is 13.8 Å². The van der Waals surface area contributed by atoms with E-state index in [2.05, 4.69) is 10.0 Å². The van der Waals surface area contributed by atoms with Crippen molar-refractivity contribution in [2.45, 2.75) is 50.7 Å². The van der Waals surface area contributed by atoms with Gasteiger partial charge in [0, 0.05) is 12.6 Å². The SMILES string of the molecule is CC(C)CNC(=O)[C@@H](C)OC(=O)c1ccc(Cl)c(S(=O)(=O)NC2CC2)c1. The summed E-state index contributed by atoms with van der Waals surface area (Å²) >= 11 is 5.98. The molecule has 0 heterocycles. The van der Waals surface area contributed by atoms with Crippen LogP contribution < -0.4 is 10.0 Å². The van der Waals surface area contributed by atoms with Crippen LogP contribution in [0.5, 0.6) is 0 Å². The normalized spacial score (nSPS) is 15.6. The molecule has 0 saturated heterocycles. The first-order valence-corrected chi connectivity index (χ1v) is 10.3. The minimum atomic E-state index is -3.82. The third kappa shape index (κ3) is 5.69. The van der Waals surface area contributed by atoms with Crippen molar-refractivity contribution < 1.29 is 22.7 Å². The Kier molecular flexibility index (Phi) is 6.65. The number of hydrogen-bond donors (Lipinski definition) is 2. The van der Waals surface area contributed by atoms with E-state index in [1.165, 1.54) is 19.1 Å². The smallest absolute Gasteiger partial charge is 0.338 e. The second-order valence-corrected chi connectivity index (χ2v) is 8.82. The van der Waals surface area contributed by atoms with Crippen LogP contribution in [0.4, 0.5) is 0 Å². The van der Waals surface area contributed by atoms with E-state index in [1.54, 1.807) is 0 Å². The molecule has 26 heavy (non-hydrogen) atoms. The first-order chi connectivity index (χ1) is 12.1. The maximum absolute atomic E-state index is 12.3. The Hall–Kier alpha value is -1.64. The number of benzene rings is 1. The molecule has 1 aromatic carbocycles. The molecule has 0 bridgehead atoms. The maximum Gasteiger partial charge on any atom is 0.338 e. The van der Waals surface area contributed by atoms with Gasteiger partial charge in [0.15, 0.2) is 6.10 Å². The monoisotopic (exact) mass is 402 g/mol. The number of rotatable bonds is 8. The van der Waals surface area contributed by atoms with Gasteiger partial charge in [-0.2, -0.15) is 0 Å². The molecule has 7 nitrogen and oxygen atoms in total. The number of hydrogen-bond acceptors (Lipinski definition) is 5. The number of ether oxygens (including phenoxy) is 1. The summed E-state index contributed by atoms with van der Waals surface area (Å²) < 4.78 is 32.3. The molecule has 1 fully saturated rings. The summed E-state index contributed by atoms with van der Waals surface area (Å²) in [5, 5.41) is 2.68. The second kappa shape index (κ2) is 8.37. The summed E-state index contributed by atoms with van der Waals surface area (Å²) in [6, 6.07) is 3.76. The maximum atomic E-state index is 12.3. The van der Waals surface area contributed by atoms with Gasteiger partial charge in [-0.25, -0.2) is 17.9 Å². The Morgan fingerprint density at radius 2 is 1.92 bits per heavy atom. The number of carbonyl (C=O) groups excluding carboxylic acids is 2. The van der Waals surface area contributed by atoms with Gasteiger partial charge in [-0.1, -0.05) is 25.4 Å². The number of nitrogens with one attached hydrogen (secondary N) is 2. The van der Waals surface area contributed by atoms with Crippen molar-refractivity contribution in [1.82, 2.24) is 10.0 Å². The molecule has 0 spiro atoms. The van der Waals surface area contributed by atoms with Crippen LogP contribution in [0.15, 0.2) is 23.1 Å². The fourth-order valence-electron chi connectivity index (χ4n) is 2.05. The fourth-order valence-corrected chi connectivity index (χ4v) is 3.88. The predicted octanol–water partition coefficient (Wildman–Crippen LogP) is 2.10. The lowest BCUT2D eigenvalue weighted by Crippen LogP contribution is -2.37. The molecule has 1 aromatic rings. The number of carbonyl (C=O) groups is 2. The summed E-state index contributed by atoms with van der Waals surface area (Å²) in [5.74, 6) is -0.939. The highest BCUT2D eigenvalue weighted by atomic mass is 35.5.